The molecule has 0 aliphatic heterocycles. The van der Waals surface area contributed by atoms with E-state index in [-0.39, 0.29) is 11.1 Å². The molecule has 1 aliphatic rings. The summed E-state index contributed by atoms with van der Waals surface area (Å²) in [6.45, 7) is 15.5. The first-order valence-corrected chi connectivity index (χ1v) is 11.5. The second kappa shape index (κ2) is 6.32. The van der Waals surface area contributed by atoms with Crippen LogP contribution >= 0.6 is 0 Å². The molecule has 0 unspecified atom stereocenters. The van der Waals surface area contributed by atoms with E-state index in [0.29, 0.717) is 0 Å². The standard InChI is InChI=1S/C20H32O3Si/c1-10-14(2)20(22-7)17-15(12-11-13-16(17)21-6)18(20)23-24(8,9)19(3,4)5/h10-13,18H,1-9H3/b14-10+/t18-,20+/m0/s1. The Bertz CT molecular complexity index is 643. The average molecular weight is 349 g/mol. The van der Waals surface area contributed by atoms with Crippen molar-refractivity contribution in [1.82, 2.24) is 0 Å². The minimum atomic E-state index is -1.95. The SMILES string of the molecule is C/C=C(\C)[C@@]1(OC)c2c(OC)cccc2[C@@H]1O[Si](C)(C)C(C)(C)C. The Labute approximate surface area is 148 Å². The van der Waals surface area contributed by atoms with E-state index < -0.39 is 13.9 Å². The zero-order valence-corrected chi connectivity index (χ0v) is 17.6. The summed E-state index contributed by atoms with van der Waals surface area (Å²) in [4.78, 5) is 0. The van der Waals surface area contributed by atoms with Crippen LogP contribution in [0.2, 0.25) is 18.1 Å². The number of rotatable bonds is 5. The Balaban J connectivity index is 2.61. The van der Waals surface area contributed by atoms with Crippen LogP contribution in [0.4, 0.5) is 0 Å². The number of benzene rings is 1. The van der Waals surface area contributed by atoms with Gasteiger partial charge in [-0.1, -0.05) is 39.0 Å². The molecule has 0 saturated carbocycles. The van der Waals surface area contributed by atoms with Crippen LogP contribution in [-0.4, -0.2) is 22.5 Å². The van der Waals surface area contributed by atoms with Crippen LogP contribution in [0.5, 0.6) is 5.75 Å². The third-order valence-electron chi connectivity index (χ3n) is 5.86. The third kappa shape index (κ3) is 2.65. The van der Waals surface area contributed by atoms with Gasteiger partial charge < -0.3 is 13.9 Å². The van der Waals surface area contributed by atoms with Crippen molar-refractivity contribution in [3.8, 4) is 5.75 Å². The van der Waals surface area contributed by atoms with Crippen LogP contribution in [0.1, 0.15) is 51.8 Å². The van der Waals surface area contributed by atoms with Gasteiger partial charge in [-0.05, 0) is 49.2 Å². The second-order valence-electron chi connectivity index (χ2n) is 8.09. The van der Waals surface area contributed by atoms with Crippen LogP contribution in [0.25, 0.3) is 0 Å². The average Bonchev–Trinajstić information content (AvgIpc) is 2.52. The van der Waals surface area contributed by atoms with Crippen molar-refractivity contribution in [2.24, 2.45) is 0 Å². The highest BCUT2D eigenvalue weighted by atomic mass is 28.4. The lowest BCUT2D eigenvalue weighted by Gasteiger charge is -2.54. The van der Waals surface area contributed by atoms with Crippen LogP contribution in [0.15, 0.2) is 29.8 Å². The lowest BCUT2D eigenvalue weighted by molar-refractivity contribution is -0.106. The smallest absolute Gasteiger partial charge is 0.193 e. The van der Waals surface area contributed by atoms with Gasteiger partial charge in [-0.15, -0.1) is 0 Å². The van der Waals surface area contributed by atoms with Crippen LogP contribution < -0.4 is 4.74 Å². The maximum atomic E-state index is 6.81. The fourth-order valence-corrected chi connectivity index (χ4v) is 4.45. The van der Waals surface area contributed by atoms with Gasteiger partial charge in [-0.25, -0.2) is 0 Å². The van der Waals surface area contributed by atoms with Gasteiger partial charge in [-0.3, -0.25) is 0 Å². The summed E-state index contributed by atoms with van der Waals surface area (Å²) in [5.74, 6) is 0.866. The van der Waals surface area contributed by atoms with E-state index in [2.05, 4.69) is 52.9 Å². The summed E-state index contributed by atoms with van der Waals surface area (Å²) in [5, 5.41) is 0.144. The molecule has 134 valence electrons. The predicted octanol–water partition coefficient (Wildman–Crippen LogP) is 5.58. The highest BCUT2D eigenvalue weighted by Crippen LogP contribution is 2.61. The van der Waals surface area contributed by atoms with Crippen molar-refractivity contribution >= 4 is 8.32 Å². The van der Waals surface area contributed by atoms with Gasteiger partial charge in [0.25, 0.3) is 0 Å². The summed E-state index contributed by atoms with van der Waals surface area (Å²) in [7, 11) is 1.53. The minimum absolute atomic E-state index is 0.0929. The van der Waals surface area contributed by atoms with Crippen LogP contribution in [0, 0.1) is 0 Å². The van der Waals surface area contributed by atoms with E-state index >= 15 is 0 Å². The highest BCUT2D eigenvalue weighted by molar-refractivity contribution is 6.74. The fourth-order valence-electron chi connectivity index (χ4n) is 3.21. The molecule has 2 rings (SSSR count). The second-order valence-corrected chi connectivity index (χ2v) is 12.9. The van der Waals surface area contributed by atoms with Crippen molar-refractivity contribution < 1.29 is 13.9 Å². The molecule has 1 aromatic carbocycles. The van der Waals surface area contributed by atoms with Crippen LogP contribution in [-0.2, 0) is 14.8 Å². The van der Waals surface area contributed by atoms with Crippen molar-refractivity contribution in [3.63, 3.8) is 0 Å². The third-order valence-corrected chi connectivity index (χ3v) is 10.3. The van der Waals surface area contributed by atoms with Gasteiger partial charge in [0.15, 0.2) is 8.32 Å². The summed E-state index contributed by atoms with van der Waals surface area (Å²) in [6.07, 6.45) is 2.02. The number of methoxy groups -OCH3 is 2. The molecule has 0 spiro atoms. The largest absolute Gasteiger partial charge is 0.496 e. The monoisotopic (exact) mass is 348 g/mol. The number of ether oxygens (including phenoxy) is 2. The molecule has 2 atom stereocenters. The summed E-state index contributed by atoms with van der Waals surface area (Å²) in [5.41, 5.74) is 2.88. The lowest BCUT2D eigenvalue weighted by Crippen LogP contribution is -2.53. The van der Waals surface area contributed by atoms with Crippen molar-refractivity contribution in [3.05, 3.63) is 41.0 Å². The predicted molar refractivity (Wildman–Crippen MR) is 102 cm³/mol. The molecule has 0 heterocycles. The van der Waals surface area contributed by atoms with Gasteiger partial charge in [-0.2, -0.15) is 0 Å². The maximum absolute atomic E-state index is 6.81. The molecule has 0 amide bonds. The van der Waals surface area contributed by atoms with E-state index in [1.165, 1.54) is 5.56 Å². The van der Waals surface area contributed by atoms with E-state index in [9.17, 15) is 0 Å². The van der Waals surface area contributed by atoms with E-state index in [0.717, 1.165) is 16.9 Å². The van der Waals surface area contributed by atoms with E-state index in [1.54, 1.807) is 14.2 Å². The summed E-state index contributed by atoms with van der Waals surface area (Å²) >= 11 is 0. The van der Waals surface area contributed by atoms with Gasteiger partial charge in [0.1, 0.15) is 17.5 Å². The molecule has 0 saturated heterocycles. The molecule has 1 aromatic rings. The number of fused-ring (bicyclic) bond motifs is 1. The summed E-state index contributed by atoms with van der Waals surface area (Å²) in [6, 6.07) is 6.16. The van der Waals surface area contributed by atoms with E-state index in [1.807, 2.05) is 19.1 Å². The molecule has 3 nitrogen and oxygen atoms in total. The zero-order valence-electron chi connectivity index (χ0n) is 16.6. The molecular weight excluding hydrogens is 316 g/mol. The first-order valence-electron chi connectivity index (χ1n) is 8.60. The Kier molecular flexibility index (Phi) is 5.06. The number of allylic oxidation sites excluding steroid dienone is 1. The van der Waals surface area contributed by atoms with E-state index in [4.69, 9.17) is 13.9 Å². The topological polar surface area (TPSA) is 27.7 Å². The molecule has 24 heavy (non-hydrogen) atoms. The molecule has 0 aromatic heterocycles. The first-order chi connectivity index (χ1) is 11.1. The number of hydrogen-bond acceptors (Lipinski definition) is 3. The minimum Gasteiger partial charge on any atom is -0.496 e. The molecule has 4 heteroatoms. The van der Waals surface area contributed by atoms with Gasteiger partial charge in [0.2, 0.25) is 0 Å². The van der Waals surface area contributed by atoms with Gasteiger partial charge in [0.05, 0.1) is 7.11 Å². The summed E-state index contributed by atoms with van der Waals surface area (Å²) < 4.78 is 18.6. The first kappa shape index (κ1) is 19.2. The number of hydrogen-bond donors (Lipinski definition) is 0. The Hall–Kier alpha value is -1.10. The van der Waals surface area contributed by atoms with Crippen molar-refractivity contribution in [2.75, 3.05) is 14.2 Å². The molecule has 0 fully saturated rings. The fraction of sp³-hybridized carbons (Fsp3) is 0.600. The lowest BCUT2D eigenvalue weighted by atomic mass is 9.66. The van der Waals surface area contributed by atoms with Crippen molar-refractivity contribution in [2.45, 2.75) is 64.5 Å². The molecular formula is C20H32O3Si. The van der Waals surface area contributed by atoms with Gasteiger partial charge in [0, 0.05) is 12.7 Å². The molecule has 0 N–H and O–H groups in total. The van der Waals surface area contributed by atoms with Gasteiger partial charge >= 0.3 is 0 Å². The Morgan fingerprint density at radius 3 is 2.29 bits per heavy atom. The maximum Gasteiger partial charge on any atom is 0.193 e. The highest BCUT2D eigenvalue weighted by Gasteiger charge is 2.58. The normalized spacial score (nSPS) is 24.4. The molecule has 1 aliphatic carbocycles. The Morgan fingerprint density at radius 2 is 1.83 bits per heavy atom. The molecule has 0 bridgehead atoms. The zero-order chi connectivity index (χ0) is 18.3. The Morgan fingerprint density at radius 1 is 1.21 bits per heavy atom. The van der Waals surface area contributed by atoms with Crippen molar-refractivity contribution in [1.29, 1.82) is 0 Å². The quantitative estimate of drug-likeness (QED) is 0.513. The van der Waals surface area contributed by atoms with Crippen LogP contribution in [0.3, 0.4) is 0 Å². The molecule has 0 radical (unpaired) electrons.